The first-order chi connectivity index (χ1) is 11.1. The Balaban J connectivity index is 1.65. The standard InChI is InChI=1S/C19H21FN2O/c1-2-22(17-6-4-3-5-7-17)18(23)21-14-19(12-13-19)15-8-10-16(20)11-9-15/h3-11H,2,12-14H2,1H3,(H,21,23). The summed E-state index contributed by atoms with van der Waals surface area (Å²) in [5.41, 5.74) is 1.96. The van der Waals surface area contributed by atoms with Gasteiger partial charge >= 0.3 is 6.03 Å². The number of hydrogen-bond donors (Lipinski definition) is 1. The Morgan fingerprint density at radius 3 is 2.35 bits per heavy atom. The molecule has 1 N–H and O–H groups in total. The zero-order valence-corrected chi connectivity index (χ0v) is 13.3. The van der Waals surface area contributed by atoms with Crippen LogP contribution in [0, 0.1) is 5.82 Å². The number of urea groups is 1. The van der Waals surface area contributed by atoms with Crippen molar-refractivity contribution in [1.82, 2.24) is 5.32 Å². The van der Waals surface area contributed by atoms with Crippen molar-refractivity contribution >= 4 is 11.7 Å². The largest absolute Gasteiger partial charge is 0.337 e. The maximum Gasteiger partial charge on any atom is 0.321 e. The predicted octanol–water partition coefficient (Wildman–Crippen LogP) is 4.09. The van der Waals surface area contributed by atoms with E-state index in [-0.39, 0.29) is 17.3 Å². The van der Waals surface area contributed by atoms with E-state index < -0.39 is 0 Å². The van der Waals surface area contributed by atoms with Gasteiger partial charge in [-0.05, 0) is 49.6 Å². The van der Waals surface area contributed by atoms with Crippen LogP contribution < -0.4 is 10.2 Å². The number of rotatable bonds is 5. The third kappa shape index (κ3) is 3.36. The van der Waals surface area contributed by atoms with Gasteiger partial charge in [-0.25, -0.2) is 9.18 Å². The number of halogens is 1. The average molecular weight is 312 g/mol. The maximum atomic E-state index is 13.1. The van der Waals surface area contributed by atoms with E-state index in [1.165, 1.54) is 12.1 Å². The molecule has 1 aliphatic rings. The highest BCUT2D eigenvalue weighted by molar-refractivity contribution is 5.91. The quantitative estimate of drug-likeness (QED) is 0.886. The number of amides is 2. The summed E-state index contributed by atoms with van der Waals surface area (Å²) < 4.78 is 13.1. The lowest BCUT2D eigenvalue weighted by molar-refractivity contribution is 0.245. The Morgan fingerprint density at radius 1 is 1.13 bits per heavy atom. The molecule has 2 aromatic carbocycles. The molecule has 0 heterocycles. The van der Waals surface area contributed by atoms with Gasteiger partial charge in [0.25, 0.3) is 0 Å². The molecule has 2 aromatic rings. The molecule has 0 bridgehead atoms. The minimum Gasteiger partial charge on any atom is -0.337 e. The van der Waals surface area contributed by atoms with Crippen molar-refractivity contribution in [2.24, 2.45) is 0 Å². The minimum absolute atomic E-state index is 0.0283. The zero-order chi connectivity index (χ0) is 16.3. The van der Waals surface area contributed by atoms with Crippen molar-refractivity contribution < 1.29 is 9.18 Å². The number of carbonyl (C=O) groups is 1. The molecule has 0 aromatic heterocycles. The van der Waals surface area contributed by atoms with Gasteiger partial charge in [0.1, 0.15) is 5.82 Å². The summed E-state index contributed by atoms with van der Waals surface area (Å²) in [6, 6.07) is 16.2. The lowest BCUT2D eigenvalue weighted by atomic mass is 9.96. The van der Waals surface area contributed by atoms with Crippen LogP contribution in [0.15, 0.2) is 54.6 Å². The number of benzene rings is 2. The molecular weight excluding hydrogens is 291 g/mol. The highest BCUT2D eigenvalue weighted by atomic mass is 19.1. The second-order valence-corrected chi connectivity index (χ2v) is 6.03. The van der Waals surface area contributed by atoms with Gasteiger partial charge in [-0.1, -0.05) is 30.3 Å². The molecule has 0 aliphatic heterocycles. The summed E-state index contributed by atoms with van der Waals surface area (Å²) in [6.45, 7) is 3.15. The lowest BCUT2D eigenvalue weighted by Gasteiger charge is -2.24. The zero-order valence-electron chi connectivity index (χ0n) is 13.3. The van der Waals surface area contributed by atoms with Crippen molar-refractivity contribution in [1.29, 1.82) is 0 Å². The number of nitrogens with zero attached hydrogens (tertiary/aromatic N) is 1. The van der Waals surface area contributed by atoms with Crippen molar-refractivity contribution in [3.8, 4) is 0 Å². The van der Waals surface area contributed by atoms with E-state index in [4.69, 9.17) is 0 Å². The van der Waals surface area contributed by atoms with Gasteiger partial charge in [0.15, 0.2) is 0 Å². The molecule has 3 nitrogen and oxygen atoms in total. The van der Waals surface area contributed by atoms with Crippen molar-refractivity contribution in [3.05, 3.63) is 66.0 Å². The van der Waals surface area contributed by atoms with E-state index in [9.17, 15) is 9.18 Å². The first-order valence-electron chi connectivity index (χ1n) is 8.01. The highest BCUT2D eigenvalue weighted by Gasteiger charge is 2.44. The third-order valence-corrected chi connectivity index (χ3v) is 4.52. The van der Waals surface area contributed by atoms with Gasteiger partial charge < -0.3 is 5.32 Å². The van der Waals surface area contributed by atoms with E-state index in [1.54, 1.807) is 4.90 Å². The second kappa shape index (κ2) is 6.41. The minimum atomic E-state index is -0.227. The van der Waals surface area contributed by atoms with Crippen LogP contribution in [0.25, 0.3) is 0 Å². The van der Waals surface area contributed by atoms with Gasteiger partial charge in [0.2, 0.25) is 0 Å². The maximum absolute atomic E-state index is 13.1. The topological polar surface area (TPSA) is 32.3 Å². The fourth-order valence-electron chi connectivity index (χ4n) is 2.91. The van der Waals surface area contributed by atoms with Crippen LogP contribution in [0.1, 0.15) is 25.3 Å². The monoisotopic (exact) mass is 312 g/mol. The molecule has 4 heteroatoms. The number of carbonyl (C=O) groups excluding carboxylic acids is 1. The molecule has 2 amide bonds. The van der Waals surface area contributed by atoms with E-state index in [1.807, 2.05) is 49.4 Å². The molecule has 0 saturated heterocycles. The Labute approximate surface area is 136 Å². The Morgan fingerprint density at radius 2 is 1.78 bits per heavy atom. The summed E-state index contributed by atoms with van der Waals surface area (Å²) >= 11 is 0. The van der Waals surface area contributed by atoms with Gasteiger partial charge in [0, 0.05) is 24.2 Å². The number of anilines is 1. The molecule has 0 unspecified atom stereocenters. The highest BCUT2D eigenvalue weighted by Crippen LogP contribution is 2.47. The van der Waals surface area contributed by atoms with Crippen LogP contribution >= 0.6 is 0 Å². The fourth-order valence-corrected chi connectivity index (χ4v) is 2.91. The second-order valence-electron chi connectivity index (χ2n) is 6.03. The molecule has 1 fully saturated rings. The van der Waals surface area contributed by atoms with E-state index in [0.29, 0.717) is 13.1 Å². The number of hydrogen-bond acceptors (Lipinski definition) is 1. The van der Waals surface area contributed by atoms with Gasteiger partial charge in [-0.3, -0.25) is 4.90 Å². The van der Waals surface area contributed by atoms with Crippen LogP contribution in [0.4, 0.5) is 14.9 Å². The molecule has 120 valence electrons. The van der Waals surface area contributed by atoms with Gasteiger partial charge in [-0.2, -0.15) is 0 Å². The van der Waals surface area contributed by atoms with Crippen LogP contribution in [-0.4, -0.2) is 19.1 Å². The van der Waals surface area contributed by atoms with Gasteiger partial charge in [-0.15, -0.1) is 0 Å². The molecule has 0 spiro atoms. The summed E-state index contributed by atoms with van der Waals surface area (Å²) in [7, 11) is 0. The van der Waals surface area contributed by atoms with Gasteiger partial charge in [0.05, 0.1) is 0 Å². The summed E-state index contributed by atoms with van der Waals surface area (Å²) in [6.07, 6.45) is 2.05. The van der Waals surface area contributed by atoms with Crippen molar-refractivity contribution in [2.75, 3.05) is 18.0 Å². The normalized spacial score (nSPS) is 15.0. The van der Waals surface area contributed by atoms with E-state index >= 15 is 0 Å². The van der Waals surface area contributed by atoms with E-state index in [0.717, 1.165) is 24.1 Å². The van der Waals surface area contributed by atoms with E-state index in [2.05, 4.69) is 5.32 Å². The molecule has 0 radical (unpaired) electrons. The first kappa shape index (κ1) is 15.5. The smallest absolute Gasteiger partial charge is 0.321 e. The molecule has 0 atom stereocenters. The summed E-state index contributed by atoms with van der Waals surface area (Å²) in [5, 5.41) is 3.04. The van der Waals surface area contributed by atoms with Crippen molar-refractivity contribution in [2.45, 2.75) is 25.2 Å². The SMILES string of the molecule is CCN(C(=O)NCC1(c2ccc(F)cc2)CC1)c1ccccc1. The Bertz CT molecular complexity index is 666. The molecular formula is C19H21FN2O. The summed E-state index contributed by atoms with van der Waals surface area (Å²) in [5.74, 6) is -0.227. The van der Waals surface area contributed by atoms with Crippen LogP contribution in [0.3, 0.4) is 0 Å². The molecule has 23 heavy (non-hydrogen) atoms. The van der Waals surface area contributed by atoms with Crippen LogP contribution in [0.5, 0.6) is 0 Å². The molecule has 1 saturated carbocycles. The average Bonchev–Trinajstić information content (AvgIpc) is 3.36. The van der Waals surface area contributed by atoms with Crippen LogP contribution in [-0.2, 0) is 5.41 Å². The lowest BCUT2D eigenvalue weighted by Crippen LogP contribution is -2.43. The fraction of sp³-hybridized carbons (Fsp3) is 0.316. The molecule has 1 aliphatic carbocycles. The summed E-state index contributed by atoms with van der Waals surface area (Å²) in [4.78, 5) is 14.2. The third-order valence-electron chi connectivity index (χ3n) is 4.52. The molecule has 3 rings (SSSR count). The number of para-hydroxylation sites is 1. The first-order valence-corrected chi connectivity index (χ1v) is 8.01. The van der Waals surface area contributed by atoms with Crippen molar-refractivity contribution in [3.63, 3.8) is 0 Å². The Hall–Kier alpha value is -2.36. The van der Waals surface area contributed by atoms with Crippen LogP contribution in [0.2, 0.25) is 0 Å². The Kier molecular flexibility index (Phi) is 4.33. The number of nitrogens with one attached hydrogen (secondary N) is 1. The predicted molar refractivity (Wildman–Crippen MR) is 90.2 cm³/mol.